The van der Waals surface area contributed by atoms with Gasteiger partial charge in [0.2, 0.25) is 5.91 Å². The van der Waals surface area contributed by atoms with Gasteiger partial charge < -0.3 is 4.90 Å². The second kappa shape index (κ2) is 6.83. The first-order valence-corrected chi connectivity index (χ1v) is 8.10. The number of carbonyl (C=O) groups excluding carboxylic acids is 1. The highest BCUT2D eigenvalue weighted by Gasteiger charge is 2.23. The lowest BCUT2D eigenvalue weighted by atomic mass is 10.1. The van der Waals surface area contributed by atoms with Gasteiger partial charge in [-0.05, 0) is 12.0 Å². The minimum atomic E-state index is 0.238. The number of benzene rings is 1. The van der Waals surface area contributed by atoms with Crippen molar-refractivity contribution < 1.29 is 4.79 Å². The molecule has 2 aromatic rings. The standard InChI is InChI=1S/C16H19N3OS/c20-16-12-18(11-15-10-17-13-21-15)8-9-19(16)7-6-14-4-2-1-3-5-14/h1-5,10,13H,6-9,11-12H2. The van der Waals surface area contributed by atoms with Gasteiger partial charge in [0.05, 0.1) is 12.1 Å². The summed E-state index contributed by atoms with van der Waals surface area (Å²) in [6.07, 6.45) is 2.82. The molecule has 21 heavy (non-hydrogen) atoms. The van der Waals surface area contributed by atoms with Gasteiger partial charge in [0.25, 0.3) is 0 Å². The lowest BCUT2D eigenvalue weighted by Crippen LogP contribution is -2.50. The van der Waals surface area contributed by atoms with Crippen LogP contribution in [0.2, 0.25) is 0 Å². The number of piperazine rings is 1. The first kappa shape index (κ1) is 14.2. The van der Waals surface area contributed by atoms with Crippen LogP contribution in [0.5, 0.6) is 0 Å². The molecule has 2 heterocycles. The quantitative estimate of drug-likeness (QED) is 0.848. The molecule has 4 nitrogen and oxygen atoms in total. The first-order chi connectivity index (χ1) is 10.3. The summed E-state index contributed by atoms with van der Waals surface area (Å²) in [6.45, 7) is 3.94. The van der Waals surface area contributed by atoms with Crippen molar-refractivity contribution in [2.24, 2.45) is 0 Å². The molecular formula is C16H19N3OS. The lowest BCUT2D eigenvalue weighted by Gasteiger charge is -2.34. The Hall–Kier alpha value is -1.72. The maximum absolute atomic E-state index is 12.2. The predicted octanol–water partition coefficient (Wildman–Crippen LogP) is 2.03. The largest absolute Gasteiger partial charge is 0.340 e. The molecule has 0 aliphatic carbocycles. The molecule has 1 aromatic carbocycles. The third-order valence-electron chi connectivity index (χ3n) is 3.77. The predicted molar refractivity (Wildman–Crippen MR) is 84.1 cm³/mol. The number of nitrogens with zero attached hydrogens (tertiary/aromatic N) is 3. The van der Waals surface area contributed by atoms with Crippen LogP contribution < -0.4 is 0 Å². The molecule has 0 radical (unpaired) electrons. The van der Waals surface area contributed by atoms with Crippen LogP contribution >= 0.6 is 11.3 Å². The normalized spacial score (nSPS) is 16.4. The van der Waals surface area contributed by atoms with Crippen molar-refractivity contribution >= 4 is 17.2 Å². The molecule has 0 N–H and O–H groups in total. The minimum absolute atomic E-state index is 0.238. The highest BCUT2D eigenvalue weighted by atomic mass is 32.1. The van der Waals surface area contributed by atoms with E-state index >= 15 is 0 Å². The van der Waals surface area contributed by atoms with E-state index in [1.165, 1.54) is 10.4 Å². The molecule has 0 bridgehead atoms. The second-order valence-electron chi connectivity index (χ2n) is 5.29. The Morgan fingerprint density at radius 1 is 1.19 bits per heavy atom. The SMILES string of the molecule is O=C1CN(Cc2cncs2)CCN1CCc1ccccc1. The zero-order chi connectivity index (χ0) is 14.5. The Balaban J connectivity index is 1.48. The molecule has 1 aliphatic rings. The zero-order valence-electron chi connectivity index (χ0n) is 11.9. The average Bonchev–Trinajstić information content (AvgIpc) is 3.00. The molecule has 1 aromatic heterocycles. The molecule has 1 amide bonds. The Kier molecular flexibility index (Phi) is 4.62. The van der Waals surface area contributed by atoms with E-state index in [1.54, 1.807) is 11.3 Å². The number of rotatable bonds is 5. The van der Waals surface area contributed by atoms with Gasteiger partial charge in [-0.2, -0.15) is 0 Å². The van der Waals surface area contributed by atoms with E-state index in [2.05, 4.69) is 22.0 Å². The Labute approximate surface area is 129 Å². The number of amides is 1. The van der Waals surface area contributed by atoms with Gasteiger partial charge in [0.1, 0.15) is 0 Å². The lowest BCUT2D eigenvalue weighted by molar-refractivity contribution is -0.136. The topological polar surface area (TPSA) is 36.4 Å². The summed E-state index contributed by atoms with van der Waals surface area (Å²) in [7, 11) is 0. The zero-order valence-corrected chi connectivity index (χ0v) is 12.8. The fraction of sp³-hybridized carbons (Fsp3) is 0.375. The van der Waals surface area contributed by atoms with E-state index in [4.69, 9.17) is 0 Å². The molecule has 110 valence electrons. The monoisotopic (exact) mass is 301 g/mol. The van der Waals surface area contributed by atoms with Crippen molar-refractivity contribution in [2.75, 3.05) is 26.2 Å². The molecule has 5 heteroatoms. The van der Waals surface area contributed by atoms with Gasteiger partial charge in [0.15, 0.2) is 0 Å². The van der Waals surface area contributed by atoms with Gasteiger partial charge in [0, 0.05) is 37.3 Å². The maximum atomic E-state index is 12.2. The number of aromatic nitrogens is 1. The van der Waals surface area contributed by atoms with Crippen molar-refractivity contribution in [3.63, 3.8) is 0 Å². The van der Waals surface area contributed by atoms with Crippen LogP contribution in [0, 0.1) is 0 Å². The number of hydrogen-bond acceptors (Lipinski definition) is 4. The highest BCUT2D eigenvalue weighted by Crippen LogP contribution is 2.13. The summed E-state index contributed by atoms with van der Waals surface area (Å²) in [5, 5.41) is 0. The minimum Gasteiger partial charge on any atom is -0.340 e. The summed E-state index contributed by atoms with van der Waals surface area (Å²) in [5.41, 5.74) is 3.13. The van der Waals surface area contributed by atoms with E-state index in [9.17, 15) is 4.79 Å². The Morgan fingerprint density at radius 2 is 2.05 bits per heavy atom. The van der Waals surface area contributed by atoms with E-state index in [0.717, 1.165) is 32.6 Å². The van der Waals surface area contributed by atoms with E-state index in [1.807, 2.05) is 34.8 Å². The molecule has 1 aliphatic heterocycles. The molecular weight excluding hydrogens is 282 g/mol. The van der Waals surface area contributed by atoms with E-state index in [-0.39, 0.29) is 5.91 Å². The number of hydrogen-bond donors (Lipinski definition) is 0. The Bertz CT molecular complexity index is 570. The van der Waals surface area contributed by atoms with Gasteiger partial charge in [-0.3, -0.25) is 14.7 Å². The summed E-state index contributed by atoms with van der Waals surface area (Å²) >= 11 is 1.65. The van der Waals surface area contributed by atoms with Crippen molar-refractivity contribution in [3.05, 3.63) is 52.5 Å². The number of thiazole rings is 1. The van der Waals surface area contributed by atoms with Crippen molar-refractivity contribution in [2.45, 2.75) is 13.0 Å². The molecule has 3 rings (SSSR count). The van der Waals surface area contributed by atoms with Crippen LogP contribution in [0.3, 0.4) is 0 Å². The summed E-state index contributed by atoms with van der Waals surface area (Å²) in [6, 6.07) is 10.3. The van der Waals surface area contributed by atoms with Crippen LogP contribution in [-0.2, 0) is 17.8 Å². The van der Waals surface area contributed by atoms with Gasteiger partial charge in [-0.1, -0.05) is 30.3 Å². The van der Waals surface area contributed by atoms with Crippen molar-refractivity contribution in [1.82, 2.24) is 14.8 Å². The fourth-order valence-electron chi connectivity index (χ4n) is 2.58. The van der Waals surface area contributed by atoms with Crippen LogP contribution in [0.15, 0.2) is 42.0 Å². The van der Waals surface area contributed by atoms with Gasteiger partial charge >= 0.3 is 0 Å². The smallest absolute Gasteiger partial charge is 0.236 e. The van der Waals surface area contributed by atoms with Gasteiger partial charge in [-0.15, -0.1) is 11.3 Å². The van der Waals surface area contributed by atoms with Crippen LogP contribution in [0.4, 0.5) is 0 Å². The third-order valence-corrected chi connectivity index (χ3v) is 4.54. The first-order valence-electron chi connectivity index (χ1n) is 7.23. The number of carbonyl (C=O) groups is 1. The molecule has 0 unspecified atom stereocenters. The van der Waals surface area contributed by atoms with Crippen LogP contribution in [0.1, 0.15) is 10.4 Å². The average molecular weight is 301 g/mol. The summed E-state index contributed by atoms with van der Waals surface area (Å²) < 4.78 is 0. The maximum Gasteiger partial charge on any atom is 0.236 e. The van der Waals surface area contributed by atoms with Crippen molar-refractivity contribution in [1.29, 1.82) is 0 Å². The van der Waals surface area contributed by atoms with Crippen LogP contribution in [0.25, 0.3) is 0 Å². The third kappa shape index (κ3) is 3.89. The van der Waals surface area contributed by atoms with Crippen molar-refractivity contribution in [3.8, 4) is 0 Å². The van der Waals surface area contributed by atoms with E-state index < -0.39 is 0 Å². The highest BCUT2D eigenvalue weighted by molar-refractivity contribution is 7.09. The molecule has 1 saturated heterocycles. The fourth-order valence-corrected chi connectivity index (χ4v) is 3.21. The summed E-state index contributed by atoms with van der Waals surface area (Å²) in [4.78, 5) is 21.7. The Morgan fingerprint density at radius 3 is 2.76 bits per heavy atom. The van der Waals surface area contributed by atoms with Crippen LogP contribution in [-0.4, -0.2) is 46.9 Å². The van der Waals surface area contributed by atoms with Gasteiger partial charge in [-0.25, -0.2) is 0 Å². The molecule has 0 atom stereocenters. The second-order valence-corrected chi connectivity index (χ2v) is 6.27. The molecule has 0 spiro atoms. The summed E-state index contributed by atoms with van der Waals surface area (Å²) in [5.74, 6) is 0.238. The van der Waals surface area contributed by atoms with E-state index in [0.29, 0.717) is 6.54 Å². The molecule has 1 fully saturated rings. The molecule has 0 saturated carbocycles.